The van der Waals surface area contributed by atoms with Crippen molar-refractivity contribution < 1.29 is 44.6 Å². The standard InChI is InChI=1S/C13H23NO9/c1-6(16)14-9-7(17)4-13(22-3,11(20)21)23-12(9,2)10(19)8(18)5-15/h7-10,15,17-19H,4-5H2,1-3H3,(H,14,16)(H,20,21)/t7-,8+,9+,10+,12+,13-/m0/s1. The van der Waals surface area contributed by atoms with Gasteiger partial charge in [0.2, 0.25) is 5.91 Å². The van der Waals surface area contributed by atoms with Crippen LogP contribution in [0.15, 0.2) is 0 Å². The van der Waals surface area contributed by atoms with E-state index in [-0.39, 0.29) is 0 Å². The zero-order valence-corrected chi connectivity index (χ0v) is 13.1. The molecule has 0 aromatic carbocycles. The van der Waals surface area contributed by atoms with E-state index in [9.17, 15) is 30.0 Å². The third-order valence-electron chi connectivity index (χ3n) is 4.02. The average molecular weight is 337 g/mol. The van der Waals surface area contributed by atoms with Crippen LogP contribution in [0.2, 0.25) is 0 Å². The van der Waals surface area contributed by atoms with Crippen LogP contribution in [0, 0.1) is 0 Å². The number of ether oxygens (including phenoxy) is 2. The number of aliphatic hydroxyl groups excluding tert-OH is 4. The van der Waals surface area contributed by atoms with E-state index < -0.39 is 60.6 Å². The second-order valence-electron chi connectivity index (χ2n) is 5.69. The molecule has 1 aliphatic heterocycles. The summed E-state index contributed by atoms with van der Waals surface area (Å²) in [5.74, 6) is -4.38. The highest BCUT2D eigenvalue weighted by molar-refractivity contribution is 5.76. The first-order valence-electron chi connectivity index (χ1n) is 6.95. The molecule has 0 saturated carbocycles. The van der Waals surface area contributed by atoms with Crippen molar-refractivity contribution in [3.05, 3.63) is 0 Å². The van der Waals surface area contributed by atoms with Crippen LogP contribution in [-0.4, -0.2) is 86.9 Å². The zero-order chi connectivity index (χ0) is 18.0. The summed E-state index contributed by atoms with van der Waals surface area (Å²) < 4.78 is 10.3. The summed E-state index contributed by atoms with van der Waals surface area (Å²) in [7, 11) is 1.05. The quantitative estimate of drug-likeness (QED) is 0.299. The first-order chi connectivity index (χ1) is 10.5. The third kappa shape index (κ3) is 3.62. The number of carboxylic acid groups (broad SMARTS) is 1. The van der Waals surface area contributed by atoms with E-state index in [1.807, 2.05) is 0 Å². The van der Waals surface area contributed by atoms with E-state index in [1.165, 1.54) is 6.92 Å². The smallest absolute Gasteiger partial charge is 0.364 e. The number of amides is 1. The molecule has 1 saturated heterocycles. The highest BCUT2D eigenvalue weighted by Crippen LogP contribution is 2.39. The number of aliphatic hydroxyl groups is 4. The van der Waals surface area contributed by atoms with E-state index in [2.05, 4.69) is 5.32 Å². The number of hydrogen-bond acceptors (Lipinski definition) is 8. The SMILES string of the molecule is CO[C@@]1(C(=O)O)C[C@H](O)[C@@H](NC(C)=O)[C@](C)([C@H](O)[C@H](O)CO)O1. The molecule has 0 aromatic heterocycles. The van der Waals surface area contributed by atoms with Gasteiger partial charge in [-0.15, -0.1) is 0 Å². The Hall–Kier alpha value is -1.30. The minimum Gasteiger partial charge on any atom is -0.477 e. The van der Waals surface area contributed by atoms with Gasteiger partial charge < -0.3 is 40.3 Å². The second-order valence-corrected chi connectivity index (χ2v) is 5.69. The molecule has 0 bridgehead atoms. The van der Waals surface area contributed by atoms with E-state index in [0.717, 1.165) is 14.0 Å². The fraction of sp³-hybridized carbons (Fsp3) is 0.846. The van der Waals surface area contributed by atoms with Crippen LogP contribution in [0.1, 0.15) is 20.3 Å². The first kappa shape index (κ1) is 19.7. The maximum Gasteiger partial charge on any atom is 0.364 e. The molecule has 6 atom stereocenters. The van der Waals surface area contributed by atoms with Crippen LogP contribution < -0.4 is 5.32 Å². The third-order valence-corrected chi connectivity index (χ3v) is 4.02. The Balaban J connectivity index is 3.33. The molecule has 1 amide bonds. The van der Waals surface area contributed by atoms with Crippen molar-refractivity contribution in [1.29, 1.82) is 0 Å². The van der Waals surface area contributed by atoms with Gasteiger partial charge in [-0.2, -0.15) is 0 Å². The molecule has 1 fully saturated rings. The molecular weight excluding hydrogens is 314 g/mol. The van der Waals surface area contributed by atoms with Gasteiger partial charge in [-0.1, -0.05) is 0 Å². The Morgan fingerprint density at radius 2 is 2.00 bits per heavy atom. The van der Waals surface area contributed by atoms with Gasteiger partial charge in [-0.3, -0.25) is 4.79 Å². The number of aliphatic carboxylic acids is 1. The minimum absolute atomic E-state index is 0.513. The number of rotatable bonds is 6. The van der Waals surface area contributed by atoms with Gasteiger partial charge >= 0.3 is 5.97 Å². The molecule has 1 aliphatic rings. The Bertz CT molecular complexity index is 459. The largest absolute Gasteiger partial charge is 0.477 e. The number of carbonyl (C=O) groups excluding carboxylic acids is 1. The molecule has 0 aromatic rings. The molecule has 0 unspecified atom stereocenters. The van der Waals surface area contributed by atoms with E-state index in [1.54, 1.807) is 0 Å². The van der Waals surface area contributed by atoms with Gasteiger partial charge in [-0.05, 0) is 6.92 Å². The number of carboxylic acids is 1. The van der Waals surface area contributed by atoms with Crippen LogP contribution in [0.3, 0.4) is 0 Å². The monoisotopic (exact) mass is 337 g/mol. The summed E-state index contributed by atoms with van der Waals surface area (Å²) >= 11 is 0. The molecule has 1 heterocycles. The molecule has 0 spiro atoms. The number of nitrogens with one attached hydrogen (secondary N) is 1. The van der Waals surface area contributed by atoms with Gasteiger partial charge in [0, 0.05) is 20.5 Å². The maximum absolute atomic E-state index is 11.5. The number of carbonyl (C=O) groups is 2. The molecule has 6 N–H and O–H groups in total. The molecule has 0 radical (unpaired) electrons. The molecule has 0 aliphatic carbocycles. The van der Waals surface area contributed by atoms with E-state index >= 15 is 0 Å². The average Bonchev–Trinajstić information content (AvgIpc) is 2.48. The summed E-state index contributed by atoms with van der Waals surface area (Å²) in [6.07, 6.45) is -5.46. The fourth-order valence-corrected chi connectivity index (χ4v) is 2.76. The van der Waals surface area contributed by atoms with Gasteiger partial charge in [0.25, 0.3) is 5.79 Å². The van der Waals surface area contributed by atoms with Crippen LogP contribution >= 0.6 is 0 Å². The van der Waals surface area contributed by atoms with Gasteiger partial charge in [0.1, 0.15) is 17.8 Å². The van der Waals surface area contributed by atoms with Crippen molar-refractivity contribution in [3.63, 3.8) is 0 Å². The van der Waals surface area contributed by atoms with Crippen molar-refractivity contribution in [1.82, 2.24) is 5.32 Å². The summed E-state index contributed by atoms with van der Waals surface area (Å²) in [5, 5.41) is 51.0. The summed E-state index contributed by atoms with van der Waals surface area (Å²) in [5.41, 5.74) is -1.94. The zero-order valence-electron chi connectivity index (χ0n) is 13.1. The highest BCUT2D eigenvalue weighted by Gasteiger charge is 2.61. The van der Waals surface area contributed by atoms with Crippen LogP contribution in [0.5, 0.6) is 0 Å². The van der Waals surface area contributed by atoms with Crippen molar-refractivity contribution in [2.45, 2.75) is 56.0 Å². The Morgan fingerprint density at radius 1 is 1.43 bits per heavy atom. The van der Waals surface area contributed by atoms with Crippen LogP contribution in [0.25, 0.3) is 0 Å². The van der Waals surface area contributed by atoms with Gasteiger partial charge in [0.05, 0.1) is 18.8 Å². The Morgan fingerprint density at radius 3 is 2.39 bits per heavy atom. The second kappa shape index (κ2) is 7.07. The van der Waals surface area contributed by atoms with Gasteiger partial charge in [-0.25, -0.2) is 4.79 Å². The van der Waals surface area contributed by atoms with Crippen LogP contribution in [0.4, 0.5) is 0 Å². The van der Waals surface area contributed by atoms with E-state index in [4.69, 9.17) is 14.6 Å². The minimum atomic E-state index is -2.28. The number of methoxy groups -OCH3 is 1. The predicted octanol–water partition coefficient (Wildman–Crippen LogP) is -2.83. The van der Waals surface area contributed by atoms with Crippen molar-refractivity contribution >= 4 is 11.9 Å². The van der Waals surface area contributed by atoms with Crippen molar-refractivity contribution in [2.75, 3.05) is 13.7 Å². The topological polar surface area (TPSA) is 166 Å². The molecule has 134 valence electrons. The van der Waals surface area contributed by atoms with Crippen molar-refractivity contribution in [3.8, 4) is 0 Å². The molecule has 1 rings (SSSR count). The lowest BCUT2D eigenvalue weighted by atomic mass is 9.78. The summed E-state index contributed by atoms with van der Waals surface area (Å²) in [4.78, 5) is 22.8. The van der Waals surface area contributed by atoms with Crippen molar-refractivity contribution in [2.24, 2.45) is 0 Å². The first-order valence-corrected chi connectivity index (χ1v) is 6.95. The predicted molar refractivity (Wildman–Crippen MR) is 74.2 cm³/mol. The fourth-order valence-electron chi connectivity index (χ4n) is 2.76. The molecular formula is C13H23NO9. The normalized spacial score (nSPS) is 37.0. The van der Waals surface area contributed by atoms with E-state index in [0.29, 0.717) is 0 Å². The lowest BCUT2D eigenvalue weighted by molar-refractivity contribution is -0.336. The Kier molecular flexibility index (Phi) is 6.07. The lowest BCUT2D eigenvalue weighted by Crippen LogP contribution is -2.73. The Labute approximate surface area is 132 Å². The molecule has 10 nitrogen and oxygen atoms in total. The lowest BCUT2D eigenvalue weighted by Gasteiger charge is -2.52. The van der Waals surface area contributed by atoms with Gasteiger partial charge in [0.15, 0.2) is 0 Å². The maximum atomic E-state index is 11.5. The van der Waals surface area contributed by atoms with Crippen LogP contribution in [-0.2, 0) is 19.1 Å². The summed E-state index contributed by atoms with van der Waals surface area (Å²) in [6.45, 7) is 1.53. The number of hydrogen-bond donors (Lipinski definition) is 6. The molecule has 10 heteroatoms. The highest BCUT2D eigenvalue weighted by atomic mass is 16.7. The molecule has 23 heavy (non-hydrogen) atoms. The summed E-state index contributed by atoms with van der Waals surface area (Å²) in [6, 6.07) is -1.24.